The van der Waals surface area contributed by atoms with Gasteiger partial charge in [-0.15, -0.1) is 10.2 Å². The Hall–Kier alpha value is -2.70. The van der Waals surface area contributed by atoms with Crippen molar-refractivity contribution in [3.63, 3.8) is 0 Å². The normalized spacial score (nSPS) is 15.1. The molecule has 0 bridgehead atoms. The molecule has 3 rings (SSSR count). The molecule has 0 aliphatic carbocycles. The lowest BCUT2D eigenvalue weighted by atomic mass is 9.96. The molecule has 1 aliphatic rings. The van der Waals surface area contributed by atoms with E-state index in [1.54, 1.807) is 38.3 Å². The monoisotopic (exact) mass is 357 g/mol. The van der Waals surface area contributed by atoms with Crippen molar-refractivity contribution in [1.29, 1.82) is 0 Å². The largest absolute Gasteiger partial charge is 0.497 e. The third-order valence-electron chi connectivity index (χ3n) is 4.72. The molecule has 1 aromatic heterocycles. The van der Waals surface area contributed by atoms with Crippen molar-refractivity contribution in [2.24, 2.45) is 0 Å². The van der Waals surface area contributed by atoms with E-state index in [1.807, 2.05) is 4.90 Å². The number of nitrogens with zero attached hydrogens (tertiary/aromatic N) is 3. The third-order valence-corrected chi connectivity index (χ3v) is 4.72. The quantitative estimate of drug-likeness (QED) is 0.739. The summed E-state index contributed by atoms with van der Waals surface area (Å²) in [6.07, 6.45) is 2.06. The molecular formula is C19H23N3O4. The Kier molecular flexibility index (Phi) is 5.65. The summed E-state index contributed by atoms with van der Waals surface area (Å²) in [6.45, 7) is 3.08. The Labute approximate surface area is 152 Å². The van der Waals surface area contributed by atoms with Gasteiger partial charge in [-0.25, -0.2) is 0 Å². The average molecular weight is 357 g/mol. The number of carbonyl (C=O) groups excluding carboxylic acids is 2. The third kappa shape index (κ3) is 4.28. The molecule has 0 N–H and O–H groups in total. The van der Waals surface area contributed by atoms with Crippen LogP contribution in [-0.2, 0) is 4.79 Å². The van der Waals surface area contributed by atoms with E-state index < -0.39 is 0 Å². The van der Waals surface area contributed by atoms with Crippen molar-refractivity contribution in [1.82, 2.24) is 15.1 Å². The second kappa shape index (κ2) is 8.12. The van der Waals surface area contributed by atoms with Crippen molar-refractivity contribution < 1.29 is 18.7 Å². The first kappa shape index (κ1) is 18.1. The highest BCUT2D eigenvalue weighted by Crippen LogP contribution is 2.27. The van der Waals surface area contributed by atoms with E-state index in [9.17, 15) is 9.59 Å². The fourth-order valence-electron chi connectivity index (χ4n) is 3.15. The van der Waals surface area contributed by atoms with E-state index in [0.29, 0.717) is 36.2 Å². The van der Waals surface area contributed by atoms with Crippen molar-refractivity contribution in [3.8, 4) is 5.75 Å². The Balaban J connectivity index is 1.46. The maximum absolute atomic E-state index is 12.4. The highest BCUT2D eigenvalue weighted by atomic mass is 16.5. The molecule has 26 heavy (non-hydrogen) atoms. The number of rotatable bonds is 6. The van der Waals surface area contributed by atoms with Gasteiger partial charge in [-0.1, -0.05) is 0 Å². The zero-order valence-electron chi connectivity index (χ0n) is 15.1. The van der Waals surface area contributed by atoms with E-state index in [1.165, 1.54) is 0 Å². The Morgan fingerprint density at radius 2 is 1.85 bits per heavy atom. The van der Waals surface area contributed by atoms with Gasteiger partial charge in [0.1, 0.15) is 5.75 Å². The predicted octanol–water partition coefficient (Wildman–Crippen LogP) is 2.76. The number of aromatic nitrogens is 2. The number of aryl methyl sites for hydroxylation is 1. The van der Waals surface area contributed by atoms with Gasteiger partial charge in [-0.3, -0.25) is 9.59 Å². The zero-order valence-corrected chi connectivity index (χ0v) is 15.1. The summed E-state index contributed by atoms with van der Waals surface area (Å²) in [6, 6.07) is 6.95. The number of likely N-dealkylation sites (tertiary alicyclic amines) is 1. The average Bonchev–Trinajstić information content (AvgIpc) is 3.12. The molecule has 0 atom stereocenters. The van der Waals surface area contributed by atoms with Crippen LogP contribution in [0.1, 0.15) is 53.7 Å². The lowest BCUT2D eigenvalue weighted by Crippen LogP contribution is -2.38. The highest BCUT2D eigenvalue weighted by Gasteiger charge is 2.27. The standard InChI is InChI=1S/C19H23N3O4/c1-13-20-21-19(26-13)15-9-11-22(12-10-15)18(24)8-7-17(23)14-3-5-16(25-2)6-4-14/h3-6,15H,7-12H2,1-2H3. The van der Waals surface area contributed by atoms with E-state index in [4.69, 9.17) is 9.15 Å². The number of hydrogen-bond acceptors (Lipinski definition) is 6. The summed E-state index contributed by atoms with van der Waals surface area (Å²) in [4.78, 5) is 26.4. The first-order valence-corrected chi connectivity index (χ1v) is 8.82. The molecule has 1 aliphatic heterocycles. The fraction of sp³-hybridized carbons (Fsp3) is 0.474. The van der Waals surface area contributed by atoms with E-state index in [-0.39, 0.29) is 30.4 Å². The minimum atomic E-state index is -0.0303. The minimum Gasteiger partial charge on any atom is -0.497 e. The second-order valence-electron chi connectivity index (χ2n) is 6.47. The summed E-state index contributed by atoms with van der Waals surface area (Å²) in [5.41, 5.74) is 0.601. The first-order chi connectivity index (χ1) is 12.6. The molecule has 0 saturated carbocycles. The smallest absolute Gasteiger partial charge is 0.223 e. The summed E-state index contributed by atoms with van der Waals surface area (Å²) in [7, 11) is 1.58. The second-order valence-corrected chi connectivity index (χ2v) is 6.47. The number of ether oxygens (including phenoxy) is 1. The van der Waals surface area contributed by atoms with Gasteiger partial charge < -0.3 is 14.1 Å². The number of amides is 1. The first-order valence-electron chi connectivity index (χ1n) is 8.82. The number of methoxy groups -OCH3 is 1. The molecule has 1 aromatic carbocycles. The molecule has 0 spiro atoms. The van der Waals surface area contributed by atoms with Crippen molar-refractivity contribution in [2.45, 2.75) is 38.5 Å². The van der Waals surface area contributed by atoms with Crippen LogP contribution >= 0.6 is 0 Å². The van der Waals surface area contributed by atoms with Crippen LogP contribution in [0, 0.1) is 6.92 Å². The Morgan fingerprint density at radius 3 is 2.42 bits per heavy atom. The number of Topliss-reactive ketones (excluding diaryl/α,β-unsaturated/α-hetero) is 1. The maximum atomic E-state index is 12.4. The molecule has 138 valence electrons. The SMILES string of the molecule is COc1ccc(C(=O)CCC(=O)N2CCC(c3nnc(C)o3)CC2)cc1. The van der Waals surface area contributed by atoms with E-state index in [0.717, 1.165) is 12.8 Å². The Morgan fingerprint density at radius 1 is 1.15 bits per heavy atom. The number of piperidine rings is 1. The molecule has 1 saturated heterocycles. The van der Waals surface area contributed by atoms with Crippen LogP contribution in [0.25, 0.3) is 0 Å². The van der Waals surface area contributed by atoms with Crippen LogP contribution < -0.4 is 4.74 Å². The number of hydrogen-bond donors (Lipinski definition) is 0. The van der Waals surface area contributed by atoms with Gasteiger partial charge in [-0.2, -0.15) is 0 Å². The van der Waals surface area contributed by atoms with Gasteiger partial charge in [0.25, 0.3) is 0 Å². The fourth-order valence-corrected chi connectivity index (χ4v) is 3.15. The van der Waals surface area contributed by atoms with Crippen LogP contribution in [0.2, 0.25) is 0 Å². The molecule has 0 unspecified atom stereocenters. The van der Waals surface area contributed by atoms with Crippen molar-refractivity contribution >= 4 is 11.7 Å². The molecule has 2 heterocycles. The summed E-state index contributed by atoms with van der Waals surface area (Å²) >= 11 is 0. The number of ketones is 1. The van der Waals surface area contributed by atoms with Gasteiger partial charge in [0.15, 0.2) is 5.78 Å². The molecule has 0 radical (unpaired) electrons. The summed E-state index contributed by atoms with van der Waals surface area (Å²) < 4.78 is 10.6. The van der Waals surface area contributed by atoms with E-state index in [2.05, 4.69) is 10.2 Å². The molecular weight excluding hydrogens is 334 g/mol. The molecule has 7 nitrogen and oxygen atoms in total. The van der Waals surface area contributed by atoms with Crippen molar-refractivity contribution in [2.75, 3.05) is 20.2 Å². The van der Waals surface area contributed by atoms with Crippen LogP contribution in [0.15, 0.2) is 28.7 Å². The van der Waals surface area contributed by atoms with Crippen LogP contribution in [0.5, 0.6) is 5.75 Å². The van der Waals surface area contributed by atoms with Crippen LogP contribution in [0.4, 0.5) is 0 Å². The zero-order chi connectivity index (χ0) is 18.5. The topological polar surface area (TPSA) is 85.5 Å². The molecule has 1 fully saturated rings. The molecule has 7 heteroatoms. The van der Waals surface area contributed by atoms with E-state index >= 15 is 0 Å². The minimum absolute atomic E-state index is 0.0204. The summed E-state index contributed by atoms with van der Waals surface area (Å²) in [5.74, 6) is 2.13. The highest BCUT2D eigenvalue weighted by molar-refractivity contribution is 5.98. The Bertz CT molecular complexity index is 761. The van der Waals surface area contributed by atoms with Crippen LogP contribution in [0.3, 0.4) is 0 Å². The van der Waals surface area contributed by atoms with Gasteiger partial charge in [0.2, 0.25) is 17.7 Å². The number of carbonyl (C=O) groups is 2. The van der Waals surface area contributed by atoms with Crippen LogP contribution in [-0.4, -0.2) is 47.0 Å². The predicted molar refractivity (Wildman–Crippen MR) is 94.1 cm³/mol. The van der Waals surface area contributed by atoms with Gasteiger partial charge in [0.05, 0.1) is 7.11 Å². The lowest BCUT2D eigenvalue weighted by Gasteiger charge is -2.30. The lowest BCUT2D eigenvalue weighted by molar-refractivity contribution is -0.132. The van der Waals surface area contributed by atoms with Gasteiger partial charge in [-0.05, 0) is 37.1 Å². The van der Waals surface area contributed by atoms with Crippen molar-refractivity contribution in [3.05, 3.63) is 41.6 Å². The number of benzene rings is 1. The van der Waals surface area contributed by atoms with Gasteiger partial charge >= 0.3 is 0 Å². The van der Waals surface area contributed by atoms with Gasteiger partial charge in [0, 0.05) is 44.3 Å². The molecule has 2 aromatic rings. The summed E-state index contributed by atoms with van der Waals surface area (Å²) in [5, 5.41) is 7.93. The molecule has 1 amide bonds. The maximum Gasteiger partial charge on any atom is 0.223 e.